The average Bonchev–Trinajstić information content (AvgIpc) is 2.85. The van der Waals surface area contributed by atoms with Crippen LogP contribution in [0.1, 0.15) is 29.8 Å². The van der Waals surface area contributed by atoms with Gasteiger partial charge >= 0.3 is 0 Å². The molecule has 0 bridgehead atoms. The first-order valence-electron chi connectivity index (χ1n) is 8.44. The summed E-state index contributed by atoms with van der Waals surface area (Å²) in [5.74, 6) is -0.504. The van der Waals surface area contributed by atoms with Gasteiger partial charge in [0.2, 0.25) is 0 Å². The molecule has 0 saturated heterocycles. The molecule has 138 valence electrons. The maximum absolute atomic E-state index is 12.1. The molecule has 0 fully saturated rings. The van der Waals surface area contributed by atoms with Gasteiger partial charge in [-0.15, -0.1) is 0 Å². The molecule has 1 aliphatic heterocycles. The minimum atomic E-state index is -0.542. The monoisotopic (exact) mass is 364 g/mol. The number of rotatable bonds is 4. The highest BCUT2D eigenvalue weighted by Crippen LogP contribution is 2.46. The number of carbonyl (C=O) groups excluding carboxylic acids is 1. The van der Waals surface area contributed by atoms with Gasteiger partial charge in [-0.1, -0.05) is 38.1 Å². The number of carbonyl (C=O) groups is 1. The number of hydrogen-bond donors (Lipinski definition) is 1. The number of anilines is 1. The van der Waals surface area contributed by atoms with E-state index in [9.17, 15) is 14.9 Å². The second kappa shape index (κ2) is 7.03. The Morgan fingerprint density at radius 2 is 1.96 bits per heavy atom. The van der Waals surface area contributed by atoms with Crippen molar-refractivity contribution in [3.8, 4) is 0 Å². The Hall–Kier alpha value is -3.48. The number of nitrogens with one attached hydrogen (secondary N) is 1. The molecule has 0 spiro atoms. The fourth-order valence-corrected chi connectivity index (χ4v) is 3.33. The molecule has 3 rings (SSSR count). The number of amides is 1. The van der Waals surface area contributed by atoms with Gasteiger partial charge in [-0.25, -0.2) is 5.43 Å². The summed E-state index contributed by atoms with van der Waals surface area (Å²) >= 11 is 0. The first kappa shape index (κ1) is 18.3. The number of likely N-dealkylation sites (N-methyl/N-ethyl adjacent to an activating group) is 1. The zero-order valence-electron chi connectivity index (χ0n) is 15.3. The molecular formula is C20H20N4O3. The van der Waals surface area contributed by atoms with Crippen molar-refractivity contribution in [2.45, 2.75) is 19.3 Å². The van der Waals surface area contributed by atoms with Gasteiger partial charge in [-0.05, 0) is 23.8 Å². The first-order chi connectivity index (χ1) is 12.8. The van der Waals surface area contributed by atoms with Crippen LogP contribution in [0, 0.1) is 10.1 Å². The number of nitrogens with zero attached hydrogens (tertiary/aromatic N) is 3. The third-order valence-corrected chi connectivity index (χ3v) is 4.73. The van der Waals surface area contributed by atoms with E-state index in [1.807, 2.05) is 25.3 Å². The summed E-state index contributed by atoms with van der Waals surface area (Å²) in [6.07, 6.45) is 3.38. The Morgan fingerprint density at radius 1 is 1.22 bits per heavy atom. The number of hydrazone groups is 1. The van der Waals surface area contributed by atoms with Crippen LogP contribution in [0.4, 0.5) is 11.4 Å². The lowest BCUT2D eigenvalue weighted by atomic mass is 9.84. The van der Waals surface area contributed by atoms with Crippen molar-refractivity contribution in [1.29, 1.82) is 0 Å². The van der Waals surface area contributed by atoms with Crippen LogP contribution in [0.3, 0.4) is 0 Å². The predicted octanol–water partition coefficient (Wildman–Crippen LogP) is 3.62. The molecule has 0 aliphatic carbocycles. The molecule has 1 N–H and O–H groups in total. The van der Waals surface area contributed by atoms with E-state index in [1.165, 1.54) is 36.0 Å². The lowest BCUT2D eigenvalue weighted by molar-refractivity contribution is -0.384. The second-order valence-electron chi connectivity index (χ2n) is 6.78. The largest absolute Gasteiger partial charge is 0.347 e. The summed E-state index contributed by atoms with van der Waals surface area (Å²) in [7, 11) is 1.99. The van der Waals surface area contributed by atoms with Gasteiger partial charge in [-0.2, -0.15) is 5.10 Å². The van der Waals surface area contributed by atoms with Crippen LogP contribution in [0.25, 0.3) is 0 Å². The van der Waals surface area contributed by atoms with Crippen LogP contribution in [-0.2, 0) is 5.41 Å². The Kier molecular flexibility index (Phi) is 4.77. The summed E-state index contributed by atoms with van der Waals surface area (Å²) in [4.78, 5) is 24.5. The molecule has 7 heteroatoms. The van der Waals surface area contributed by atoms with Crippen molar-refractivity contribution in [2.75, 3.05) is 11.9 Å². The summed E-state index contributed by atoms with van der Waals surface area (Å²) in [5, 5.41) is 14.8. The Labute approximate surface area is 157 Å². The van der Waals surface area contributed by atoms with Gasteiger partial charge in [0.25, 0.3) is 11.6 Å². The van der Waals surface area contributed by atoms with Gasteiger partial charge in [-0.3, -0.25) is 14.9 Å². The Balaban J connectivity index is 1.73. The van der Waals surface area contributed by atoms with Crippen LogP contribution in [0.2, 0.25) is 0 Å². The summed E-state index contributed by atoms with van der Waals surface area (Å²) in [6.45, 7) is 4.27. The molecule has 7 nitrogen and oxygen atoms in total. The maximum atomic E-state index is 12.1. The van der Waals surface area contributed by atoms with Gasteiger partial charge in [0.05, 0.1) is 4.92 Å². The van der Waals surface area contributed by atoms with Crippen molar-refractivity contribution in [3.05, 3.63) is 81.5 Å². The molecule has 0 saturated carbocycles. The molecule has 0 unspecified atom stereocenters. The highest BCUT2D eigenvalue weighted by Gasteiger charge is 2.37. The molecule has 2 aromatic carbocycles. The molecule has 1 aliphatic rings. The number of non-ortho nitro benzene ring substituents is 1. The summed E-state index contributed by atoms with van der Waals surface area (Å²) < 4.78 is 0. The van der Waals surface area contributed by atoms with Crippen LogP contribution >= 0.6 is 0 Å². The molecule has 27 heavy (non-hydrogen) atoms. The Bertz CT molecular complexity index is 963. The zero-order valence-corrected chi connectivity index (χ0v) is 15.3. The number of nitro benzene ring substituents is 1. The van der Waals surface area contributed by atoms with Crippen molar-refractivity contribution in [1.82, 2.24) is 5.43 Å². The lowest BCUT2D eigenvalue weighted by Crippen LogP contribution is -2.23. The van der Waals surface area contributed by atoms with Gasteiger partial charge in [0.1, 0.15) is 0 Å². The third kappa shape index (κ3) is 3.44. The van der Waals surface area contributed by atoms with E-state index in [0.717, 1.165) is 11.4 Å². The van der Waals surface area contributed by atoms with Gasteiger partial charge in [0, 0.05) is 47.8 Å². The molecule has 0 atom stereocenters. The normalized spacial score (nSPS) is 16.6. The van der Waals surface area contributed by atoms with E-state index < -0.39 is 10.8 Å². The quantitative estimate of drug-likeness (QED) is 0.510. The zero-order chi connectivity index (χ0) is 19.6. The van der Waals surface area contributed by atoms with E-state index in [4.69, 9.17) is 0 Å². The minimum Gasteiger partial charge on any atom is -0.347 e. The molecule has 0 radical (unpaired) electrons. The molecule has 1 heterocycles. The van der Waals surface area contributed by atoms with Crippen LogP contribution in [-0.4, -0.2) is 24.1 Å². The summed E-state index contributed by atoms with van der Waals surface area (Å²) in [6, 6.07) is 13.7. The fraction of sp³-hybridized carbons (Fsp3) is 0.200. The molecule has 2 aromatic rings. The van der Waals surface area contributed by atoms with E-state index in [-0.39, 0.29) is 16.7 Å². The number of nitro groups is 1. The van der Waals surface area contributed by atoms with Crippen molar-refractivity contribution < 1.29 is 9.72 Å². The SMILES string of the molecule is CN1C(=CC=NNC(=O)c2cccc([N+](=O)[O-])c2)C(C)(C)c2ccccc21. The summed E-state index contributed by atoms with van der Waals surface area (Å²) in [5.41, 5.74) is 5.68. The third-order valence-electron chi connectivity index (χ3n) is 4.73. The first-order valence-corrected chi connectivity index (χ1v) is 8.44. The highest BCUT2D eigenvalue weighted by molar-refractivity contribution is 5.95. The van der Waals surface area contributed by atoms with Gasteiger partial charge < -0.3 is 4.90 Å². The standard InChI is InChI=1S/C20H20N4O3/c1-20(2)16-9-4-5-10-17(16)23(3)18(20)11-12-21-22-19(25)14-7-6-8-15(13-14)24(26)27/h4-13H,1-3H3,(H,22,25). The van der Waals surface area contributed by atoms with Crippen molar-refractivity contribution in [2.24, 2.45) is 5.10 Å². The lowest BCUT2D eigenvalue weighted by Gasteiger charge is -2.23. The van der Waals surface area contributed by atoms with E-state index in [0.29, 0.717) is 0 Å². The van der Waals surface area contributed by atoms with E-state index in [2.05, 4.69) is 41.4 Å². The molecule has 0 aromatic heterocycles. The second-order valence-corrected chi connectivity index (χ2v) is 6.78. The predicted molar refractivity (Wildman–Crippen MR) is 105 cm³/mol. The van der Waals surface area contributed by atoms with Crippen LogP contribution in [0.5, 0.6) is 0 Å². The maximum Gasteiger partial charge on any atom is 0.271 e. The number of hydrogen-bond acceptors (Lipinski definition) is 5. The topological polar surface area (TPSA) is 87.8 Å². The molecular weight excluding hydrogens is 344 g/mol. The van der Waals surface area contributed by atoms with Crippen LogP contribution < -0.4 is 10.3 Å². The van der Waals surface area contributed by atoms with Gasteiger partial charge in [0.15, 0.2) is 0 Å². The van der Waals surface area contributed by atoms with Crippen LogP contribution in [0.15, 0.2) is 65.4 Å². The fourth-order valence-electron chi connectivity index (χ4n) is 3.33. The Morgan fingerprint density at radius 3 is 2.67 bits per heavy atom. The highest BCUT2D eigenvalue weighted by atomic mass is 16.6. The molecule has 1 amide bonds. The number of para-hydroxylation sites is 1. The van der Waals surface area contributed by atoms with Crippen molar-refractivity contribution in [3.63, 3.8) is 0 Å². The van der Waals surface area contributed by atoms with E-state index >= 15 is 0 Å². The number of allylic oxidation sites excluding steroid dienone is 2. The average molecular weight is 364 g/mol. The minimum absolute atomic E-state index is 0.138. The van der Waals surface area contributed by atoms with Crippen molar-refractivity contribution >= 4 is 23.5 Å². The number of benzene rings is 2. The smallest absolute Gasteiger partial charge is 0.271 e. The van der Waals surface area contributed by atoms with E-state index in [1.54, 1.807) is 0 Å². The number of fused-ring (bicyclic) bond motifs is 1.